The fourth-order valence-electron chi connectivity index (χ4n) is 3.35. The molecule has 0 bridgehead atoms. The second kappa shape index (κ2) is 9.85. The van der Waals surface area contributed by atoms with Gasteiger partial charge in [0.1, 0.15) is 11.5 Å². The molecule has 0 aliphatic carbocycles. The molecule has 0 amide bonds. The summed E-state index contributed by atoms with van der Waals surface area (Å²) >= 11 is 0. The Morgan fingerprint density at radius 3 is 1.69 bits per heavy atom. The number of benzene rings is 2. The van der Waals surface area contributed by atoms with Crippen molar-refractivity contribution in [2.45, 2.75) is 45.4 Å². The average molecular weight is 356 g/mol. The van der Waals surface area contributed by atoms with E-state index in [0.29, 0.717) is 17.6 Å². The van der Waals surface area contributed by atoms with Gasteiger partial charge in [0, 0.05) is 6.92 Å². The van der Waals surface area contributed by atoms with Gasteiger partial charge in [-0.1, -0.05) is 38.1 Å². The predicted molar refractivity (Wildman–Crippen MR) is 103 cm³/mol. The normalized spacial score (nSPS) is 12.9. The summed E-state index contributed by atoms with van der Waals surface area (Å²) in [5, 5.41) is 0. The van der Waals surface area contributed by atoms with Gasteiger partial charge in [-0.3, -0.25) is 4.79 Å². The lowest BCUT2D eigenvalue weighted by Crippen LogP contribution is -2.11. The first-order valence-electron chi connectivity index (χ1n) is 9.09. The van der Waals surface area contributed by atoms with Crippen LogP contribution in [0.2, 0.25) is 0 Å². The molecule has 0 aliphatic heterocycles. The molecule has 4 nitrogen and oxygen atoms in total. The standard InChI is InChI=1S/C22H28O4/c1-5-21(17-7-11-19(24-4)12-8-17)22(6-2)18-9-13-20(14-10-18)26-15-25-16(3)23/h7-14,21-22H,5-6,15H2,1-4H3/t21-,22+/m0/s1. The number of hydrogen-bond acceptors (Lipinski definition) is 4. The van der Waals surface area contributed by atoms with Crippen molar-refractivity contribution in [1.29, 1.82) is 0 Å². The van der Waals surface area contributed by atoms with Crippen molar-refractivity contribution in [2.75, 3.05) is 13.9 Å². The molecule has 0 unspecified atom stereocenters. The number of esters is 1. The SMILES string of the molecule is CC[C@H](c1ccc(OCOC(C)=O)cc1)[C@@H](CC)c1ccc(OC)cc1. The van der Waals surface area contributed by atoms with Gasteiger partial charge in [0.25, 0.3) is 0 Å². The minimum atomic E-state index is -0.349. The van der Waals surface area contributed by atoms with Gasteiger partial charge in [-0.2, -0.15) is 0 Å². The Morgan fingerprint density at radius 1 is 0.846 bits per heavy atom. The third-order valence-corrected chi connectivity index (χ3v) is 4.71. The maximum absolute atomic E-state index is 10.8. The summed E-state index contributed by atoms with van der Waals surface area (Å²) in [5.74, 6) is 2.10. The van der Waals surface area contributed by atoms with E-state index in [4.69, 9.17) is 14.2 Å². The monoisotopic (exact) mass is 356 g/mol. The van der Waals surface area contributed by atoms with Crippen molar-refractivity contribution in [3.8, 4) is 11.5 Å². The first-order valence-corrected chi connectivity index (χ1v) is 9.09. The van der Waals surface area contributed by atoms with Crippen LogP contribution in [0, 0.1) is 0 Å². The summed E-state index contributed by atoms with van der Waals surface area (Å²) in [5.41, 5.74) is 2.62. The number of ether oxygens (including phenoxy) is 3. The Morgan fingerprint density at radius 2 is 1.31 bits per heavy atom. The lowest BCUT2D eigenvalue weighted by molar-refractivity contribution is -0.147. The van der Waals surface area contributed by atoms with Crippen LogP contribution in [-0.4, -0.2) is 19.9 Å². The van der Waals surface area contributed by atoms with Crippen LogP contribution in [0.25, 0.3) is 0 Å². The summed E-state index contributed by atoms with van der Waals surface area (Å²) in [4.78, 5) is 10.8. The maximum atomic E-state index is 10.8. The highest BCUT2D eigenvalue weighted by Crippen LogP contribution is 2.38. The number of hydrogen-bond donors (Lipinski definition) is 0. The molecule has 0 fully saturated rings. The molecule has 4 heteroatoms. The average Bonchev–Trinajstić information content (AvgIpc) is 2.66. The number of rotatable bonds is 9. The first kappa shape index (κ1) is 19.8. The van der Waals surface area contributed by atoms with E-state index in [2.05, 4.69) is 38.1 Å². The van der Waals surface area contributed by atoms with Gasteiger partial charge in [-0.05, 0) is 60.1 Å². The zero-order chi connectivity index (χ0) is 18.9. The highest BCUT2D eigenvalue weighted by Gasteiger charge is 2.22. The molecular formula is C22H28O4. The Balaban J connectivity index is 2.12. The third kappa shape index (κ3) is 5.25. The molecule has 0 saturated carbocycles. The molecule has 2 atom stereocenters. The Hall–Kier alpha value is -2.49. The highest BCUT2D eigenvalue weighted by molar-refractivity contribution is 5.65. The van der Waals surface area contributed by atoms with E-state index < -0.39 is 0 Å². The molecule has 0 heterocycles. The van der Waals surface area contributed by atoms with Gasteiger partial charge in [-0.15, -0.1) is 0 Å². The summed E-state index contributed by atoms with van der Waals surface area (Å²) in [6.07, 6.45) is 2.12. The Labute approximate surface area is 156 Å². The molecule has 140 valence electrons. The van der Waals surface area contributed by atoms with Crippen LogP contribution in [0.4, 0.5) is 0 Å². The molecule has 0 N–H and O–H groups in total. The molecule has 2 aromatic carbocycles. The second-order valence-corrected chi connectivity index (χ2v) is 6.27. The van der Waals surface area contributed by atoms with E-state index >= 15 is 0 Å². The second-order valence-electron chi connectivity index (χ2n) is 6.27. The molecule has 0 aromatic heterocycles. The zero-order valence-electron chi connectivity index (χ0n) is 16.0. The molecule has 0 spiro atoms. The number of carbonyl (C=O) groups is 1. The lowest BCUT2D eigenvalue weighted by atomic mass is 9.78. The molecular weight excluding hydrogens is 328 g/mol. The van der Waals surface area contributed by atoms with Crippen molar-refractivity contribution in [1.82, 2.24) is 0 Å². The molecule has 2 rings (SSSR count). The lowest BCUT2D eigenvalue weighted by Gasteiger charge is -2.26. The maximum Gasteiger partial charge on any atom is 0.305 e. The Bertz CT molecular complexity index is 676. The first-order chi connectivity index (χ1) is 12.6. The fraction of sp³-hybridized carbons (Fsp3) is 0.409. The van der Waals surface area contributed by atoms with Crippen LogP contribution >= 0.6 is 0 Å². The summed E-state index contributed by atoms with van der Waals surface area (Å²) in [6, 6.07) is 16.4. The van der Waals surface area contributed by atoms with E-state index in [9.17, 15) is 4.79 Å². The van der Waals surface area contributed by atoms with Gasteiger partial charge in [0.05, 0.1) is 7.11 Å². The topological polar surface area (TPSA) is 44.8 Å². The predicted octanol–water partition coefficient (Wildman–Crippen LogP) is 5.28. The van der Waals surface area contributed by atoms with Crippen LogP contribution < -0.4 is 9.47 Å². The minimum absolute atomic E-state index is 0.0602. The van der Waals surface area contributed by atoms with E-state index in [1.165, 1.54) is 18.1 Å². The number of methoxy groups -OCH3 is 1. The fourth-order valence-corrected chi connectivity index (χ4v) is 3.35. The van der Waals surface area contributed by atoms with Crippen molar-refractivity contribution in [2.24, 2.45) is 0 Å². The molecule has 0 saturated heterocycles. The largest absolute Gasteiger partial charge is 0.497 e. The molecule has 0 radical (unpaired) electrons. The highest BCUT2D eigenvalue weighted by atomic mass is 16.7. The van der Waals surface area contributed by atoms with Crippen LogP contribution in [-0.2, 0) is 9.53 Å². The molecule has 2 aromatic rings. The van der Waals surface area contributed by atoms with E-state index in [-0.39, 0.29) is 12.8 Å². The smallest absolute Gasteiger partial charge is 0.305 e. The van der Waals surface area contributed by atoms with Crippen molar-refractivity contribution in [3.63, 3.8) is 0 Å². The van der Waals surface area contributed by atoms with E-state index in [1.807, 2.05) is 24.3 Å². The Kier molecular flexibility index (Phi) is 7.52. The van der Waals surface area contributed by atoms with Gasteiger partial charge < -0.3 is 14.2 Å². The minimum Gasteiger partial charge on any atom is -0.497 e. The quantitative estimate of drug-likeness (QED) is 0.453. The molecule has 26 heavy (non-hydrogen) atoms. The summed E-state index contributed by atoms with van der Waals surface area (Å²) < 4.78 is 15.5. The van der Waals surface area contributed by atoms with Gasteiger partial charge in [0.15, 0.2) is 0 Å². The third-order valence-electron chi connectivity index (χ3n) is 4.71. The van der Waals surface area contributed by atoms with Crippen molar-refractivity contribution >= 4 is 5.97 Å². The van der Waals surface area contributed by atoms with Crippen molar-refractivity contribution in [3.05, 3.63) is 59.7 Å². The van der Waals surface area contributed by atoms with Crippen LogP contribution in [0.1, 0.15) is 56.6 Å². The van der Waals surface area contributed by atoms with Crippen molar-refractivity contribution < 1.29 is 19.0 Å². The van der Waals surface area contributed by atoms with Gasteiger partial charge in [0.2, 0.25) is 6.79 Å². The summed E-state index contributed by atoms with van der Waals surface area (Å²) in [7, 11) is 1.69. The van der Waals surface area contributed by atoms with Crippen LogP contribution in [0.15, 0.2) is 48.5 Å². The van der Waals surface area contributed by atoms with E-state index in [1.54, 1.807) is 7.11 Å². The van der Waals surface area contributed by atoms with Crippen LogP contribution in [0.3, 0.4) is 0 Å². The number of carbonyl (C=O) groups excluding carboxylic acids is 1. The van der Waals surface area contributed by atoms with E-state index in [0.717, 1.165) is 18.6 Å². The zero-order valence-corrected chi connectivity index (χ0v) is 16.0. The van der Waals surface area contributed by atoms with Crippen LogP contribution in [0.5, 0.6) is 11.5 Å². The molecule has 0 aliphatic rings. The summed E-state index contributed by atoms with van der Waals surface area (Å²) in [6.45, 7) is 5.76. The van der Waals surface area contributed by atoms with Gasteiger partial charge in [-0.25, -0.2) is 0 Å². The van der Waals surface area contributed by atoms with Gasteiger partial charge >= 0.3 is 5.97 Å².